The van der Waals surface area contributed by atoms with Crippen molar-refractivity contribution < 1.29 is 18.7 Å². The molecular weight excluding hydrogens is 260 g/mol. The first kappa shape index (κ1) is 13.7. The van der Waals surface area contributed by atoms with E-state index in [4.69, 9.17) is 13.9 Å². The largest absolute Gasteiger partial charge is 0.493 e. The highest BCUT2D eigenvalue weighted by Crippen LogP contribution is 2.29. The summed E-state index contributed by atoms with van der Waals surface area (Å²) in [6.45, 7) is 0. The third-order valence-corrected chi connectivity index (χ3v) is 2.55. The summed E-state index contributed by atoms with van der Waals surface area (Å²) in [5.41, 5.74) is 3.05. The Hall–Kier alpha value is -2.76. The Morgan fingerprint density at radius 1 is 1.25 bits per heavy atom. The van der Waals surface area contributed by atoms with Gasteiger partial charge < -0.3 is 13.9 Å². The molecule has 20 heavy (non-hydrogen) atoms. The van der Waals surface area contributed by atoms with E-state index in [1.165, 1.54) is 19.6 Å². The Labute approximate surface area is 116 Å². The number of benzene rings is 1. The molecule has 1 heterocycles. The third-order valence-electron chi connectivity index (χ3n) is 2.55. The first-order chi connectivity index (χ1) is 9.76. The Morgan fingerprint density at radius 2 is 2.10 bits per heavy atom. The van der Waals surface area contributed by atoms with Gasteiger partial charge in [-0.05, 0) is 24.3 Å². The van der Waals surface area contributed by atoms with Crippen LogP contribution < -0.4 is 14.9 Å². The topological polar surface area (TPSA) is 73.1 Å². The van der Waals surface area contributed by atoms with Crippen LogP contribution in [0.1, 0.15) is 16.1 Å². The lowest BCUT2D eigenvalue weighted by Crippen LogP contribution is -2.16. The number of carbonyl (C=O) groups is 1. The van der Waals surface area contributed by atoms with Crippen molar-refractivity contribution in [2.24, 2.45) is 5.10 Å². The van der Waals surface area contributed by atoms with Gasteiger partial charge in [-0.1, -0.05) is 6.07 Å². The van der Waals surface area contributed by atoms with E-state index in [1.54, 1.807) is 37.4 Å². The fourth-order valence-corrected chi connectivity index (χ4v) is 1.64. The van der Waals surface area contributed by atoms with Crippen LogP contribution in [-0.2, 0) is 0 Å². The lowest BCUT2D eigenvalue weighted by atomic mass is 10.2. The first-order valence-corrected chi connectivity index (χ1v) is 5.84. The Morgan fingerprint density at radius 3 is 2.75 bits per heavy atom. The molecule has 0 atom stereocenters. The highest BCUT2D eigenvalue weighted by atomic mass is 16.5. The minimum atomic E-state index is -0.423. The fraction of sp³-hybridized carbons (Fsp3) is 0.143. The number of nitrogens with zero attached hydrogens (tertiary/aromatic N) is 1. The molecule has 2 rings (SSSR count). The van der Waals surface area contributed by atoms with Gasteiger partial charge in [0, 0.05) is 5.56 Å². The number of hydrogen-bond acceptors (Lipinski definition) is 5. The molecule has 1 N–H and O–H groups in total. The van der Waals surface area contributed by atoms with Crippen molar-refractivity contribution in [3.8, 4) is 11.5 Å². The number of ether oxygens (including phenoxy) is 2. The van der Waals surface area contributed by atoms with E-state index in [1.807, 2.05) is 0 Å². The highest BCUT2D eigenvalue weighted by molar-refractivity contribution is 5.92. The van der Waals surface area contributed by atoms with Crippen molar-refractivity contribution >= 4 is 12.1 Å². The summed E-state index contributed by atoms with van der Waals surface area (Å²) >= 11 is 0. The predicted octanol–water partition coefficient (Wildman–Crippen LogP) is 2.06. The Kier molecular flexibility index (Phi) is 4.39. The van der Waals surface area contributed by atoms with Gasteiger partial charge in [-0.3, -0.25) is 4.79 Å². The van der Waals surface area contributed by atoms with Crippen LogP contribution in [0.4, 0.5) is 0 Å². The summed E-state index contributed by atoms with van der Waals surface area (Å²) < 4.78 is 15.4. The molecule has 2 aromatic rings. The number of carbonyl (C=O) groups excluding carboxylic acids is 1. The zero-order chi connectivity index (χ0) is 14.4. The van der Waals surface area contributed by atoms with Gasteiger partial charge in [0.1, 0.15) is 0 Å². The number of hydrazone groups is 1. The van der Waals surface area contributed by atoms with Gasteiger partial charge in [0.15, 0.2) is 17.3 Å². The number of hydrogen-bond donors (Lipinski definition) is 1. The molecular formula is C14H14N2O4. The number of amides is 1. The van der Waals surface area contributed by atoms with Crippen molar-refractivity contribution in [3.63, 3.8) is 0 Å². The molecule has 0 fully saturated rings. The molecule has 0 aliphatic rings. The second-order valence-electron chi connectivity index (χ2n) is 3.76. The minimum Gasteiger partial charge on any atom is -0.493 e. The lowest BCUT2D eigenvalue weighted by molar-refractivity contribution is 0.0927. The van der Waals surface area contributed by atoms with E-state index in [0.29, 0.717) is 17.1 Å². The molecule has 1 amide bonds. The van der Waals surface area contributed by atoms with Crippen LogP contribution in [0, 0.1) is 0 Å². The van der Waals surface area contributed by atoms with Gasteiger partial charge in [-0.15, -0.1) is 0 Å². The minimum absolute atomic E-state index is 0.194. The van der Waals surface area contributed by atoms with E-state index in [0.717, 1.165) is 0 Å². The van der Waals surface area contributed by atoms with Crippen LogP contribution in [0.2, 0.25) is 0 Å². The van der Waals surface area contributed by atoms with Gasteiger partial charge >= 0.3 is 5.91 Å². The van der Waals surface area contributed by atoms with Gasteiger partial charge in [-0.2, -0.15) is 5.10 Å². The van der Waals surface area contributed by atoms with E-state index in [9.17, 15) is 4.79 Å². The predicted molar refractivity (Wildman–Crippen MR) is 73.3 cm³/mol. The molecule has 6 heteroatoms. The SMILES string of the molecule is COc1cccc(/C=N\NC(=O)c2ccco2)c1OC. The van der Waals surface area contributed by atoms with Crippen molar-refractivity contribution in [2.45, 2.75) is 0 Å². The van der Waals surface area contributed by atoms with Crippen LogP contribution >= 0.6 is 0 Å². The third kappa shape index (κ3) is 2.97. The van der Waals surface area contributed by atoms with Crippen molar-refractivity contribution in [1.29, 1.82) is 0 Å². The van der Waals surface area contributed by atoms with E-state index >= 15 is 0 Å². The maximum absolute atomic E-state index is 11.6. The summed E-state index contributed by atoms with van der Waals surface area (Å²) in [5.74, 6) is 0.910. The molecule has 1 aromatic carbocycles. The number of methoxy groups -OCH3 is 2. The summed E-state index contributed by atoms with van der Waals surface area (Å²) in [4.78, 5) is 11.6. The monoisotopic (exact) mass is 274 g/mol. The molecule has 104 valence electrons. The zero-order valence-corrected chi connectivity index (χ0v) is 11.1. The van der Waals surface area contributed by atoms with Crippen LogP contribution in [0.15, 0.2) is 46.1 Å². The number of furan rings is 1. The maximum atomic E-state index is 11.6. The second kappa shape index (κ2) is 6.42. The number of nitrogens with one attached hydrogen (secondary N) is 1. The molecule has 0 spiro atoms. The molecule has 0 saturated heterocycles. The quantitative estimate of drug-likeness (QED) is 0.669. The van der Waals surface area contributed by atoms with Crippen molar-refractivity contribution in [1.82, 2.24) is 5.43 Å². The molecule has 0 aliphatic carbocycles. The summed E-state index contributed by atoms with van der Waals surface area (Å²) in [5, 5.41) is 3.86. The van der Waals surface area contributed by atoms with E-state index in [-0.39, 0.29) is 5.76 Å². The van der Waals surface area contributed by atoms with E-state index in [2.05, 4.69) is 10.5 Å². The number of para-hydroxylation sites is 1. The average molecular weight is 274 g/mol. The molecule has 0 unspecified atom stereocenters. The highest BCUT2D eigenvalue weighted by Gasteiger charge is 2.08. The summed E-state index contributed by atoms with van der Waals surface area (Å²) in [7, 11) is 3.09. The second-order valence-corrected chi connectivity index (χ2v) is 3.76. The average Bonchev–Trinajstić information content (AvgIpc) is 3.01. The zero-order valence-electron chi connectivity index (χ0n) is 11.1. The van der Waals surface area contributed by atoms with Gasteiger partial charge in [-0.25, -0.2) is 5.43 Å². The molecule has 1 aromatic heterocycles. The van der Waals surface area contributed by atoms with Gasteiger partial charge in [0.05, 0.1) is 26.7 Å². The Bertz CT molecular complexity index is 606. The van der Waals surface area contributed by atoms with Crippen molar-refractivity contribution in [3.05, 3.63) is 47.9 Å². The normalized spacial score (nSPS) is 10.5. The summed E-state index contributed by atoms with van der Waals surface area (Å²) in [6.07, 6.45) is 2.89. The first-order valence-electron chi connectivity index (χ1n) is 5.84. The Balaban J connectivity index is 2.10. The standard InChI is InChI=1S/C14H14N2O4/c1-18-11-6-3-5-10(13(11)19-2)9-15-16-14(17)12-7-4-8-20-12/h3-9H,1-2H3,(H,16,17)/b15-9-. The molecule has 0 radical (unpaired) electrons. The fourth-order valence-electron chi connectivity index (χ4n) is 1.64. The van der Waals surface area contributed by atoms with Gasteiger partial charge in [0.25, 0.3) is 0 Å². The molecule has 6 nitrogen and oxygen atoms in total. The van der Waals surface area contributed by atoms with Crippen molar-refractivity contribution in [2.75, 3.05) is 14.2 Å². The van der Waals surface area contributed by atoms with Crippen LogP contribution in [-0.4, -0.2) is 26.3 Å². The smallest absolute Gasteiger partial charge is 0.307 e. The van der Waals surface area contributed by atoms with Crippen LogP contribution in [0.5, 0.6) is 11.5 Å². The number of rotatable bonds is 5. The lowest BCUT2D eigenvalue weighted by Gasteiger charge is -2.09. The maximum Gasteiger partial charge on any atom is 0.307 e. The van der Waals surface area contributed by atoms with E-state index < -0.39 is 5.91 Å². The van der Waals surface area contributed by atoms with Crippen LogP contribution in [0.3, 0.4) is 0 Å². The van der Waals surface area contributed by atoms with Crippen LogP contribution in [0.25, 0.3) is 0 Å². The molecule has 0 bridgehead atoms. The molecule has 0 aliphatic heterocycles. The molecule has 0 saturated carbocycles. The summed E-state index contributed by atoms with van der Waals surface area (Å²) in [6, 6.07) is 8.55. The van der Waals surface area contributed by atoms with Gasteiger partial charge in [0.2, 0.25) is 0 Å².